The summed E-state index contributed by atoms with van der Waals surface area (Å²) in [5, 5.41) is 8.06. The maximum atomic E-state index is 6.74. The number of pyridine rings is 2. The number of fused-ring (bicyclic) bond motifs is 9. The van der Waals surface area contributed by atoms with E-state index >= 15 is 0 Å². The zero-order valence-electron chi connectivity index (χ0n) is 20.9. The first-order chi connectivity index (χ1) is 19.2. The topological polar surface area (TPSA) is 30.2 Å². The van der Waals surface area contributed by atoms with Crippen molar-refractivity contribution in [3.05, 3.63) is 134 Å². The molecule has 0 N–H and O–H groups in total. The number of benzene rings is 5. The summed E-state index contributed by atoms with van der Waals surface area (Å²) >= 11 is 6.74. The average molecular weight is 536 g/mol. The number of rotatable bonds is 3. The van der Waals surface area contributed by atoms with E-state index < -0.39 is 6.04 Å². The summed E-state index contributed by atoms with van der Waals surface area (Å²) in [5.41, 5.74) is 5.13. The number of hydrogen-bond donors (Lipinski definition) is 0. The lowest BCUT2D eigenvalue weighted by atomic mass is 10.1. The highest BCUT2D eigenvalue weighted by molar-refractivity contribution is 8.25. The minimum atomic E-state index is -2.42. The van der Waals surface area contributed by atoms with E-state index in [4.69, 9.17) is 21.8 Å². The van der Waals surface area contributed by atoms with Gasteiger partial charge in [-0.1, -0.05) is 109 Å². The number of nitrogens with zero attached hydrogens (tertiary/aromatic N) is 3. The van der Waals surface area contributed by atoms with E-state index in [9.17, 15) is 0 Å². The predicted molar refractivity (Wildman–Crippen MR) is 169 cm³/mol. The van der Waals surface area contributed by atoms with Crippen LogP contribution in [-0.2, 0) is 11.8 Å². The van der Waals surface area contributed by atoms with Gasteiger partial charge in [0, 0.05) is 33.7 Å². The van der Waals surface area contributed by atoms with Crippen molar-refractivity contribution in [3.63, 3.8) is 0 Å². The monoisotopic (exact) mass is 535 g/mol. The van der Waals surface area contributed by atoms with Crippen LogP contribution in [0.2, 0.25) is 0 Å². The van der Waals surface area contributed by atoms with Crippen LogP contribution in [0.3, 0.4) is 0 Å². The third-order valence-corrected chi connectivity index (χ3v) is 12.6. The van der Waals surface area contributed by atoms with Gasteiger partial charge in [0.2, 0.25) is 0 Å². The Hall–Kier alpha value is -4.37. The summed E-state index contributed by atoms with van der Waals surface area (Å²) in [4.78, 5) is 9.95. The summed E-state index contributed by atoms with van der Waals surface area (Å²) in [6.07, 6.45) is 1.98. The van der Waals surface area contributed by atoms with Crippen molar-refractivity contribution in [2.75, 3.05) is 0 Å². The van der Waals surface area contributed by atoms with E-state index in [2.05, 4.69) is 114 Å². The van der Waals surface area contributed by atoms with Crippen LogP contribution >= 0.6 is 6.04 Å². The molecule has 3 heterocycles. The molecule has 0 saturated heterocycles. The van der Waals surface area contributed by atoms with E-state index in [1.54, 1.807) is 0 Å². The fourth-order valence-electron chi connectivity index (χ4n) is 5.81. The van der Waals surface area contributed by atoms with Gasteiger partial charge >= 0.3 is 0 Å². The molecule has 0 spiro atoms. The van der Waals surface area contributed by atoms with Crippen molar-refractivity contribution in [3.8, 4) is 0 Å². The third kappa shape index (κ3) is 3.32. The highest BCUT2D eigenvalue weighted by Gasteiger charge is 2.27. The Labute approximate surface area is 230 Å². The Balaban J connectivity index is 1.48. The molecule has 0 aliphatic carbocycles. The summed E-state index contributed by atoms with van der Waals surface area (Å²) in [5.74, 6) is 0. The number of aromatic nitrogens is 3. The van der Waals surface area contributed by atoms with Gasteiger partial charge in [-0.25, -0.2) is 4.98 Å². The molecule has 0 bridgehead atoms. The molecule has 0 amide bonds. The van der Waals surface area contributed by atoms with E-state index in [0.29, 0.717) is 0 Å². The normalized spacial score (nSPS) is 13.4. The van der Waals surface area contributed by atoms with E-state index in [1.165, 1.54) is 10.8 Å². The molecule has 0 aliphatic rings. The summed E-state index contributed by atoms with van der Waals surface area (Å²) in [6, 6.07) is 42.3. The van der Waals surface area contributed by atoms with E-state index in [1.807, 2.05) is 24.4 Å². The quantitative estimate of drug-likeness (QED) is 0.179. The van der Waals surface area contributed by atoms with Gasteiger partial charge in [0.15, 0.2) is 0 Å². The lowest BCUT2D eigenvalue weighted by molar-refractivity contribution is 1.32. The molecule has 5 heteroatoms. The van der Waals surface area contributed by atoms with E-state index in [-0.39, 0.29) is 0 Å². The zero-order chi connectivity index (χ0) is 26.0. The molecule has 1 atom stereocenters. The van der Waals surface area contributed by atoms with Crippen molar-refractivity contribution in [1.82, 2.24) is 14.4 Å². The molecule has 184 valence electrons. The molecule has 0 aliphatic heterocycles. The fourth-order valence-corrected chi connectivity index (χ4v) is 9.43. The van der Waals surface area contributed by atoms with Crippen molar-refractivity contribution < 1.29 is 0 Å². The Morgan fingerprint density at radius 1 is 0.538 bits per heavy atom. The van der Waals surface area contributed by atoms with Gasteiger partial charge in [-0.05, 0) is 46.3 Å². The predicted octanol–water partition coefficient (Wildman–Crippen LogP) is 7.10. The Morgan fingerprint density at radius 3 is 2.13 bits per heavy atom. The summed E-state index contributed by atoms with van der Waals surface area (Å²) in [6.45, 7) is 0. The minimum absolute atomic E-state index is 0.964. The standard InChI is InChI=1S/C34H22N3PS/c39-38(24-11-2-1-3-12-24,26-20-23-10-4-8-16-30(23)35-22-26)25-18-19-31-33(21-25)37-32-17-9-7-14-28(32)27-13-5-6-15-29(27)34(37)36-31/h1-22H. The molecule has 5 aromatic carbocycles. The Kier molecular flexibility index (Phi) is 4.97. The van der Waals surface area contributed by atoms with Crippen LogP contribution in [0.5, 0.6) is 0 Å². The minimum Gasteiger partial charge on any atom is -0.292 e. The van der Waals surface area contributed by atoms with Crippen LogP contribution in [0.4, 0.5) is 0 Å². The molecule has 3 nitrogen and oxygen atoms in total. The lowest BCUT2D eigenvalue weighted by Gasteiger charge is -2.24. The second kappa shape index (κ2) is 8.57. The maximum absolute atomic E-state index is 6.74. The van der Waals surface area contributed by atoms with Gasteiger partial charge in [0.05, 0.1) is 22.1 Å². The molecular weight excluding hydrogens is 513 g/mol. The van der Waals surface area contributed by atoms with E-state index in [0.717, 1.165) is 54.4 Å². The zero-order valence-corrected chi connectivity index (χ0v) is 22.6. The third-order valence-electron chi connectivity index (χ3n) is 7.66. The highest BCUT2D eigenvalue weighted by Crippen LogP contribution is 2.44. The van der Waals surface area contributed by atoms with Crippen molar-refractivity contribution >= 4 is 83.0 Å². The second-order valence-electron chi connectivity index (χ2n) is 9.84. The first kappa shape index (κ1) is 22.6. The van der Waals surface area contributed by atoms with Crippen LogP contribution < -0.4 is 15.9 Å². The van der Waals surface area contributed by atoms with Crippen molar-refractivity contribution in [2.45, 2.75) is 0 Å². The molecule has 0 radical (unpaired) electrons. The molecule has 1 unspecified atom stereocenters. The lowest BCUT2D eigenvalue weighted by Crippen LogP contribution is -2.25. The van der Waals surface area contributed by atoms with Crippen molar-refractivity contribution in [1.29, 1.82) is 0 Å². The van der Waals surface area contributed by atoms with Crippen LogP contribution in [0.1, 0.15) is 0 Å². The first-order valence-corrected chi connectivity index (χ1v) is 15.8. The molecular formula is C34H22N3PS. The molecule has 8 aromatic rings. The highest BCUT2D eigenvalue weighted by atomic mass is 32.4. The average Bonchev–Trinajstić information content (AvgIpc) is 3.40. The molecule has 0 fully saturated rings. The van der Waals surface area contributed by atoms with Crippen LogP contribution in [0, 0.1) is 0 Å². The summed E-state index contributed by atoms with van der Waals surface area (Å²) < 4.78 is 2.31. The maximum Gasteiger partial charge on any atom is 0.146 e. The van der Waals surface area contributed by atoms with Gasteiger partial charge in [-0.3, -0.25) is 9.38 Å². The molecule has 0 saturated carbocycles. The summed E-state index contributed by atoms with van der Waals surface area (Å²) in [7, 11) is 0. The number of imidazole rings is 1. The molecule has 8 rings (SSSR count). The second-order valence-corrected chi connectivity index (χ2v) is 14.2. The Bertz CT molecular complexity index is 2270. The molecule has 39 heavy (non-hydrogen) atoms. The Morgan fingerprint density at radius 2 is 1.26 bits per heavy atom. The van der Waals surface area contributed by atoms with Gasteiger partial charge in [-0.15, -0.1) is 0 Å². The van der Waals surface area contributed by atoms with Crippen LogP contribution in [0.25, 0.3) is 49.3 Å². The number of para-hydroxylation sites is 2. The van der Waals surface area contributed by atoms with Gasteiger partial charge < -0.3 is 0 Å². The van der Waals surface area contributed by atoms with Crippen molar-refractivity contribution in [2.24, 2.45) is 0 Å². The first-order valence-electron chi connectivity index (χ1n) is 13.0. The smallest absolute Gasteiger partial charge is 0.146 e. The van der Waals surface area contributed by atoms with Gasteiger partial charge in [0.1, 0.15) is 5.65 Å². The molecule has 3 aromatic heterocycles. The van der Waals surface area contributed by atoms with Gasteiger partial charge in [-0.2, -0.15) is 0 Å². The van der Waals surface area contributed by atoms with Crippen LogP contribution in [-0.4, -0.2) is 14.4 Å². The fraction of sp³-hybridized carbons (Fsp3) is 0. The largest absolute Gasteiger partial charge is 0.292 e. The van der Waals surface area contributed by atoms with Gasteiger partial charge in [0.25, 0.3) is 0 Å². The SMILES string of the molecule is S=P(c1ccccc1)(c1cnc2ccccc2c1)c1ccc2nc3c4ccccc4c4ccccc4n3c2c1. The number of hydrogen-bond acceptors (Lipinski definition) is 3. The van der Waals surface area contributed by atoms with Crippen LogP contribution in [0.15, 0.2) is 134 Å².